The first kappa shape index (κ1) is 17.7. The quantitative estimate of drug-likeness (QED) is 0.860. The second-order valence-electron chi connectivity index (χ2n) is 5.16. The fraction of sp³-hybridized carbons (Fsp3) is 0.250. The molecule has 0 unspecified atom stereocenters. The van der Waals surface area contributed by atoms with Gasteiger partial charge in [0.25, 0.3) is 0 Å². The number of aromatic nitrogens is 1. The lowest BCUT2D eigenvalue weighted by Crippen LogP contribution is -2.45. The second-order valence-corrected chi connectivity index (χ2v) is 7.02. The molecular weight excluding hydrogens is 330 g/mol. The van der Waals surface area contributed by atoms with E-state index in [0.29, 0.717) is 17.1 Å². The molecule has 2 aromatic rings. The lowest BCUT2D eigenvalue weighted by atomic mass is 10.2. The number of carbonyl (C=O) groups excluding carboxylic acids is 1. The molecule has 0 bridgehead atoms. The van der Waals surface area contributed by atoms with Crippen LogP contribution in [0.2, 0.25) is 0 Å². The minimum atomic E-state index is -3.66. The molecule has 0 radical (unpaired) electrons. The molecule has 0 saturated carbocycles. The number of rotatable bonds is 6. The third-order valence-electron chi connectivity index (χ3n) is 3.34. The number of pyridine rings is 1. The number of ether oxygens (including phenoxy) is 1. The number of amides is 1. The Morgan fingerprint density at radius 3 is 2.42 bits per heavy atom. The molecule has 24 heavy (non-hydrogen) atoms. The molecule has 1 aromatic heterocycles. The first-order valence-electron chi connectivity index (χ1n) is 7.17. The summed E-state index contributed by atoms with van der Waals surface area (Å²) in [6, 6.07) is 8.88. The van der Waals surface area contributed by atoms with E-state index in [-0.39, 0.29) is 0 Å². The van der Waals surface area contributed by atoms with Crippen LogP contribution < -0.4 is 14.4 Å². The van der Waals surface area contributed by atoms with Crippen molar-refractivity contribution >= 4 is 27.3 Å². The zero-order valence-electron chi connectivity index (χ0n) is 13.6. The van der Waals surface area contributed by atoms with Crippen LogP contribution in [-0.2, 0) is 14.8 Å². The van der Waals surface area contributed by atoms with Crippen LogP contribution in [0.4, 0.5) is 11.4 Å². The van der Waals surface area contributed by atoms with Crippen LogP contribution in [0.3, 0.4) is 0 Å². The molecule has 0 saturated heterocycles. The van der Waals surface area contributed by atoms with Crippen LogP contribution in [0, 0.1) is 0 Å². The first-order chi connectivity index (χ1) is 11.3. The summed E-state index contributed by atoms with van der Waals surface area (Å²) in [5, 5.41) is 2.65. The van der Waals surface area contributed by atoms with Gasteiger partial charge in [-0.05, 0) is 43.3 Å². The molecule has 0 spiro atoms. The minimum Gasteiger partial charge on any atom is -0.497 e. The van der Waals surface area contributed by atoms with Crippen molar-refractivity contribution in [1.82, 2.24) is 4.98 Å². The normalized spacial score (nSPS) is 12.3. The number of nitrogens with one attached hydrogen (secondary N) is 1. The van der Waals surface area contributed by atoms with E-state index >= 15 is 0 Å². The van der Waals surface area contributed by atoms with Crippen LogP contribution >= 0.6 is 0 Å². The van der Waals surface area contributed by atoms with Crippen LogP contribution in [0.1, 0.15) is 6.92 Å². The van der Waals surface area contributed by atoms with Gasteiger partial charge in [0.15, 0.2) is 0 Å². The van der Waals surface area contributed by atoms with Gasteiger partial charge in [-0.15, -0.1) is 0 Å². The van der Waals surface area contributed by atoms with Gasteiger partial charge in [0.05, 0.1) is 30.9 Å². The van der Waals surface area contributed by atoms with Crippen molar-refractivity contribution in [2.45, 2.75) is 13.0 Å². The molecule has 7 nitrogen and oxygen atoms in total. The number of hydrogen-bond acceptors (Lipinski definition) is 5. The van der Waals surface area contributed by atoms with E-state index in [1.165, 1.54) is 20.2 Å². The van der Waals surface area contributed by atoms with Crippen LogP contribution in [-0.4, -0.2) is 38.7 Å². The molecule has 1 amide bonds. The molecule has 1 atom stereocenters. The van der Waals surface area contributed by atoms with Crippen molar-refractivity contribution in [3.05, 3.63) is 48.8 Å². The highest BCUT2D eigenvalue weighted by Crippen LogP contribution is 2.24. The number of methoxy groups -OCH3 is 1. The van der Waals surface area contributed by atoms with Gasteiger partial charge in [-0.1, -0.05) is 0 Å². The standard InChI is InChI=1S/C16H19N3O4S/c1-12(16(20)18-13-5-4-10-17-11-13)19(24(3,21)22)14-6-8-15(23-2)9-7-14/h4-12H,1-3H3,(H,18,20)/t12-/m1/s1. The van der Waals surface area contributed by atoms with Crippen LogP contribution in [0.5, 0.6) is 5.75 Å². The zero-order chi connectivity index (χ0) is 17.7. The van der Waals surface area contributed by atoms with Crippen LogP contribution in [0.15, 0.2) is 48.8 Å². The maximum Gasteiger partial charge on any atom is 0.248 e. The topological polar surface area (TPSA) is 88.6 Å². The van der Waals surface area contributed by atoms with Gasteiger partial charge < -0.3 is 10.1 Å². The summed E-state index contributed by atoms with van der Waals surface area (Å²) in [5.74, 6) is 0.143. The number of sulfonamides is 1. The SMILES string of the molecule is COc1ccc(N([C@H](C)C(=O)Nc2cccnc2)S(C)(=O)=O)cc1. The van der Waals surface area contributed by atoms with Gasteiger partial charge in [0.1, 0.15) is 11.8 Å². The Labute approximate surface area is 141 Å². The Morgan fingerprint density at radius 1 is 1.25 bits per heavy atom. The highest BCUT2D eigenvalue weighted by atomic mass is 32.2. The molecule has 1 N–H and O–H groups in total. The van der Waals surface area contributed by atoms with Gasteiger partial charge in [-0.2, -0.15) is 0 Å². The summed E-state index contributed by atoms with van der Waals surface area (Å²) in [7, 11) is -2.14. The Morgan fingerprint density at radius 2 is 1.92 bits per heavy atom. The van der Waals surface area contributed by atoms with Gasteiger partial charge in [0.2, 0.25) is 15.9 Å². The summed E-state index contributed by atoms with van der Waals surface area (Å²) in [6.45, 7) is 1.52. The minimum absolute atomic E-state index is 0.382. The summed E-state index contributed by atoms with van der Waals surface area (Å²) < 4.78 is 30.5. The molecule has 0 aliphatic heterocycles. The fourth-order valence-corrected chi connectivity index (χ4v) is 3.40. The lowest BCUT2D eigenvalue weighted by molar-refractivity contribution is -0.116. The fourth-order valence-electron chi connectivity index (χ4n) is 2.22. The Bertz CT molecular complexity index is 792. The van der Waals surface area contributed by atoms with Crippen molar-refractivity contribution in [2.75, 3.05) is 23.0 Å². The van der Waals surface area contributed by atoms with Crippen molar-refractivity contribution < 1.29 is 17.9 Å². The largest absolute Gasteiger partial charge is 0.497 e. The monoisotopic (exact) mass is 349 g/mol. The second kappa shape index (κ2) is 7.31. The Kier molecular flexibility index (Phi) is 5.40. The molecule has 0 aliphatic carbocycles. The van der Waals surface area contributed by atoms with Gasteiger partial charge in [-0.3, -0.25) is 14.1 Å². The van der Waals surface area contributed by atoms with Crippen molar-refractivity contribution in [3.8, 4) is 5.75 Å². The van der Waals surface area contributed by atoms with Crippen LogP contribution in [0.25, 0.3) is 0 Å². The van der Waals surface area contributed by atoms with E-state index in [0.717, 1.165) is 10.6 Å². The van der Waals surface area contributed by atoms with E-state index in [2.05, 4.69) is 10.3 Å². The molecule has 8 heteroatoms. The van der Waals surface area contributed by atoms with Crippen molar-refractivity contribution in [2.24, 2.45) is 0 Å². The maximum atomic E-state index is 12.4. The third kappa shape index (κ3) is 4.23. The molecule has 1 heterocycles. The van der Waals surface area contributed by atoms with Gasteiger partial charge in [0, 0.05) is 6.20 Å². The predicted octanol–water partition coefficient (Wildman–Crippen LogP) is 1.88. The summed E-state index contributed by atoms with van der Waals surface area (Å²) in [5.41, 5.74) is 0.879. The Balaban J connectivity index is 2.28. The highest BCUT2D eigenvalue weighted by molar-refractivity contribution is 7.92. The first-order valence-corrected chi connectivity index (χ1v) is 9.02. The molecule has 128 valence electrons. The predicted molar refractivity (Wildman–Crippen MR) is 92.6 cm³/mol. The van der Waals surface area contributed by atoms with E-state index < -0.39 is 22.0 Å². The number of benzene rings is 1. The van der Waals surface area contributed by atoms with E-state index in [4.69, 9.17) is 4.74 Å². The van der Waals surface area contributed by atoms with E-state index in [1.54, 1.807) is 42.6 Å². The number of hydrogen-bond donors (Lipinski definition) is 1. The lowest BCUT2D eigenvalue weighted by Gasteiger charge is -2.28. The highest BCUT2D eigenvalue weighted by Gasteiger charge is 2.29. The smallest absolute Gasteiger partial charge is 0.248 e. The molecular formula is C16H19N3O4S. The van der Waals surface area contributed by atoms with Crippen molar-refractivity contribution in [3.63, 3.8) is 0 Å². The van der Waals surface area contributed by atoms with Crippen molar-refractivity contribution in [1.29, 1.82) is 0 Å². The molecule has 0 aliphatic rings. The number of anilines is 2. The molecule has 2 rings (SSSR count). The zero-order valence-corrected chi connectivity index (χ0v) is 14.4. The number of carbonyl (C=O) groups is 1. The van der Waals surface area contributed by atoms with Gasteiger partial charge >= 0.3 is 0 Å². The van der Waals surface area contributed by atoms with E-state index in [9.17, 15) is 13.2 Å². The third-order valence-corrected chi connectivity index (χ3v) is 4.59. The van der Waals surface area contributed by atoms with E-state index in [1.807, 2.05) is 0 Å². The summed E-state index contributed by atoms with van der Waals surface area (Å²) in [6.07, 6.45) is 4.13. The Hall–Kier alpha value is -2.61. The molecule has 0 fully saturated rings. The maximum absolute atomic E-state index is 12.4. The average Bonchev–Trinajstić information content (AvgIpc) is 2.55. The molecule has 1 aromatic carbocycles. The van der Waals surface area contributed by atoms with Gasteiger partial charge in [-0.25, -0.2) is 8.42 Å². The summed E-state index contributed by atoms with van der Waals surface area (Å²) in [4.78, 5) is 16.3. The summed E-state index contributed by atoms with van der Waals surface area (Å²) >= 11 is 0. The average molecular weight is 349 g/mol. The number of nitrogens with zero attached hydrogens (tertiary/aromatic N) is 2.